The van der Waals surface area contributed by atoms with Crippen LogP contribution in [0.4, 0.5) is 10.5 Å². The molecule has 2 atom stereocenters. The molecule has 0 bridgehead atoms. The number of urea groups is 1. The fourth-order valence-corrected chi connectivity index (χ4v) is 2.16. The molecule has 2 amide bonds. The van der Waals surface area contributed by atoms with Crippen molar-refractivity contribution in [2.24, 2.45) is 0 Å². The first-order chi connectivity index (χ1) is 11.0. The SMILES string of the molecule is CC(NC(=O)Nc1ccc(C#N)cc1)C(O)c1ccc(Cl)cc1. The van der Waals surface area contributed by atoms with Crippen LogP contribution >= 0.6 is 11.6 Å². The smallest absolute Gasteiger partial charge is 0.319 e. The van der Waals surface area contributed by atoms with Gasteiger partial charge in [0.05, 0.1) is 23.8 Å². The first kappa shape index (κ1) is 16.8. The number of amides is 2. The summed E-state index contributed by atoms with van der Waals surface area (Å²) in [6.07, 6.45) is -0.848. The highest BCUT2D eigenvalue weighted by atomic mass is 35.5. The normalized spacial score (nSPS) is 12.8. The van der Waals surface area contributed by atoms with E-state index in [4.69, 9.17) is 16.9 Å². The number of aliphatic hydroxyl groups is 1. The van der Waals surface area contributed by atoms with Gasteiger partial charge in [0.25, 0.3) is 0 Å². The molecule has 3 N–H and O–H groups in total. The number of nitriles is 1. The zero-order chi connectivity index (χ0) is 16.8. The molecule has 0 fully saturated rings. The maximum absolute atomic E-state index is 11.9. The molecule has 118 valence electrons. The molecule has 0 aliphatic carbocycles. The van der Waals surface area contributed by atoms with Crippen molar-refractivity contribution in [2.45, 2.75) is 19.1 Å². The van der Waals surface area contributed by atoms with Crippen LogP contribution < -0.4 is 10.6 Å². The minimum Gasteiger partial charge on any atom is -0.386 e. The van der Waals surface area contributed by atoms with Crippen LogP contribution in [0.5, 0.6) is 0 Å². The predicted molar refractivity (Wildman–Crippen MR) is 89.2 cm³/mol. The highest BCUT2D eigenvalue weighted by Crippen LogP contribution is 2.19. The molecule has 6 heteroatoms. The number of benzene rings is 2. The van der Waals surface area contributed by atoms with E-state index in [1.54, 1.807) is 55.5 Å². The number of carbonyl (C=O) groups excluding carboxylic acids is 1. The van der Waals surface area contributed by atoms with Gasteiger partial charge in [0.1, 0.15) is 0 Å². The number of hydrogen-bond acceptors (Lipinski definition) is 3. The van der Waals surface area contributed by atoms with E-state index in [-0.39, 0.29) is 0 Å². The average molecular weight is 330 g/mol. The van der Waals surface area contributed by atoms with Crippen molar-refractivity contribution in [3.05, 3.63) is 64.7 Å². The van der Waals surface area contributed by atoms with Crippen LogP contribution in [0.2, 0.25) is 5.02 Å². The Balaban J connectivity index is 1.93. The number of hydrogen-bond donors (Lipinski definition) is 3. The molecule has 2 aromatic carbocycles. The fourth-order valence-electron chi connectivity index (χ4n) is 2.03. The van der Waals surface area contributed by atoms with Gasteiger partial charge in [-0.25, -0.2) is 4.79 Å². The van der Waals surface area contributed by atoms with Crippen LogP contribution in [-0.2, 0) is 0 Å². The monoisotopic (exact) mass is 329 g/mol. The minimum atomic E-state index is -0.848. The van der Waals surface area contributed by atoms with Crippen LogP contribution in [-0.4, -0.2) is 17.2 Å². The third-order valence-corrected chi connectivity index (χ3v) is 3.57. The van der Waals surface area contributed by atoms with Crippen LogP contribution in [0.1, 0.15) is 24.2 Å². The number of nitrogens with one attached hydrogen (secondary N) is 2. The Bertz CT molecular complexity index is 708. The molecule has 0 aliphatic rings. The van der Waals surface area contributed by atoms with Crippen molar-refractivity contribution >= 4 is 23.3 Å². The summed E-state index contributed by atoms with van der Waals surface area (Å²) in [6.45, 7) is 1.71. The van der Waals surface area contributed by atoms with E-state index in [1.165, 1.54) is 0 Å². The van der Waals surface area contributed by atoms with Crippen LogP contribution in [0.15, 0.2) is 48.5 Å². The summed E-state index contributed by atoms with van der Waals surface area (Å²) < 4.78 is 0. The summed E-state index contributed by atoms with van der Waals surface area (Å²) in [5.74, 6) is 0. The van der Waals surface area contributed by atoms with Crippen molar-refractivity contribution < 1.29 is 9.90 Å². The molecule has 2 aromatic rings. The van der Waals surface area contributed by atoms with E-state index < -0.39 is 18.2 Å². The lowest BCUT2D eigenvalue weighted by atomic mass is 10.0. The topological polar surface area (TPSA) is 85.2 Å². The highest BCUT2D eigenvalue weighted by molar-refractivity contribution is 6.30. The molecule has 0 saturated heterocycles. The quantitative estimate of drug-likeness (QED) is 0.803. The second-order valence-corrected chi connectivity index (χ2v) is 5.51. The predicted octanol–water partition coefficient (Wildman–Crippen LogP) is 3.46. The fraction of sp³-hybridized carbons (Fsp3) is 0.176. The molecule has 0 heterocycles. The lowest BCUT2D eigenvalue weighted by molar-refractivity contribution is 0.139. The summed E-state index contributed by atoms with van der Waals surface area (Å²) in [5.41, 5.74) is 1.75. The van der Waals surface area contributed by atoms with Gasteiger partial charge >= 0.3 is 6.03 Å². The zero-order valence-electron chi connectivity index (χ0n) is 12.5. The number of rotatable bonds is 4. The van der Waals surface area contributed by atoms with Crippen molar-refractivity contribution in [1.82, 2.24) is 5.32 Å². The lowest BCUT2D eigenvalue weighted by Gasteiger charge is -2.21. The Morgan fingerprint density at radius 1 is 1.17 bits per heavy atom. The summed E-state index contributed by atoms with van der Waals surface area (Å²) in [5, 5.41) is 24.9. The van der Waals surface area contributed by atoms with Crippen LogP contribution in [0, 0.1) is 11.3 Å². The molecular weight excluding hydrogens is 314 g/mol. The zero-order valence-corrected chi connectivity index (χ0v) is 13.2. The molecule has 2 rings (SSSR count). The second-order valence-electron chi connectivity index (χ2n) is 5.07. The van der Waals surface area contributed by atoms with Crippen molar-refractivity contribution in [1.29, 1.82) is 5.26 Å². The van der Waals surface area contributed by atoms with Gasteiger partial charge in [-0.3, -0.25) is 0 Å². The van der Waals surface area contributed by atoms with Crippen molar-refractivity contribution in [3.63, 3.8) is 0 Å². The summed E-state index contributed by atoms with van der Waals surface area (Å²) in [7, 11) is 0. The van der Waals surface area contributed by atoms with E-state index in [2.05, 4.69) is 10.6 Å². The van der Waals surface area contributed by atoms with Gasteiger partial charge in [-0.15, -0.1) is 0 Å². The lowest BCUT2D eigenvalue weighted by Crippen LogP contribution is -2.39. The van der Waals surface area contributed by atoms with Gasteiger partial charge in [-0.1, -0.05) is 23.7 Å². The maximum atomic E-state index is 11.9. The van der Waals surface area contributed by atoms with Crippen LogP contribution in [0.25, 0.3) is 0 Å². The van der Waals surface area contributed by atoms with E-state index in [9.17, 15) is 9.90 Å². The van der Waals surface area contributed by atoms with Gasteiger partial charge in [0.15, 0.2) is 0 Å². The minimum absolute atomic E-state index is 0.435. The number of nitrogens with zero attached hydrogens (tertiary/aromatic N) is 1. The first-order valence-corrected chi connectivity index (χ1v) is 7.38. The van der Waals surface area contributed by atoms with E-state index in [0.29, 0.717) is 21.8 Å². The van der Waals surface area contributed by atoms with Gasteiger partial charge in [0, 0.05) is 10.7 Å². The molecule has 0 spiro atoms. The largest absolute Gasteiger partial charge is 0.386 e. The maximum Gasteiger partial charge on any atom is 0.319 e. The molecule has 0 aliphatic heterocycles. The number of anilines is 1. The highest BCUT2D eigenvalue weighted by Gasteiger charge is 2.18. The van der Waals surface area contributed by atoms with Gasteiger partial charge < -0.3 is 15.7 Å². The Morgan fingerprint density at radius 3 is 2.35 bits per heavy atom. The second kappa shape index (κ2) is 7.63. The van der Waals surface area contributed by atoms with Crippen molar-refractivity contribution in [3.8, 4) is 6.07 Å². The molecule has 23 heavy (non-hydrogen) atoms. The Kier molecular flexibility index (Phi) is 5.58. The van der Waals surface area contributed by atoms with Gasteiger partial charge in [-0.05, 0) is 48.9 Å². The van der Waals surface area contributed by atoms with E-state index in [1.807, 2.05) is 6.07 Å². The molecule has 0 saturated carbocycles. The Hall–Kier alpha value is -2.55. The molecule has 0 radical (unpaired) electrons. The van der Waals surface area contributed by atoms with E-state index in [0.717, 1.165) is 0 Å². The third kappa shape index (κ3) is 4.71. The van der Waals surface area contributed by atoms with Gasteiger partial charge in [-0.2, -0.15) is 5.26 Å². The van der Waals surface area contributed by atoms with E-state index >= 15 is 0 Å². The first-order valence-electron chi connectivity index (χ1n) is 7.01. The number of aliphatic hydroxyl groups excluding tert-OH is 1. The van der Waals surface area contributed by atoms with Gasteiger partial charge in [0.2, 0.25) is 0 Å². The molecule has 5 nitrogen and oxygen atoms in total. The Morgan fingerprint density at radius 2 is 1.78 bits per heavy atom. The summed E-state index contributed by atoms with van der Waals surface area (Å²) in [4.78, 5) is 11.9. The number of halogens is 1. The summed E-state index contributed by atoms with van der Waals surface area (Å²) >= 11 is 5.81. The standard InChI is InChI=1S/C17H16ClN3O2/c1-11(16(22)13-4-6-14(18)7-5-13)20-17(23)21-15-8-2-12(10-19)3-9-15/h2-9,11,16,22H,1H3,(H2,20,21,23). The summed E-state index contributed by atoms with van der Waals surface area (Å²) in [6, 6.07) is 14.4. The molecule has 2 unspecified atom stereocenters. The van der Waals surface area contributed by atoms with Crippen LogP contribution in [0.3, 0.4) is 0 Å². The molecule has 0 aromatic heterocycles. The Labute approximate surface area is 139 Å². The average Bonchev–Trinajstić information content (AvgIpc) is 2.55. The molecular formula is C17H16ClN3O2. The third-order valence-electron chi connectivity index (χ3n) is 3.32. The number of carbonyl (C=O) groups is 1. The van der Waals surface area contributed by atoms with Crippen molar-refractivity contribution in [2.75, 3.05) is 5.32 Å².